The van der Waals surface area contributed by atoms with Crippen LogP contribution >= 0.6 is 11.3 Å². The molecule has 2 N–H and O–H groups in total. The van der Waals surface area contributed by atoms with Gasteiger partial charge in [0.25, 0.3) is 5.56 Å². The molecular weight excluding hydrogens is 234 g/mol. The average molecular weight is 249 g/mol. The van der Waals surface area contributed by atoms with Crippen LogP contribution in [0.3, 0.4) is 0 Å². The maximum atomic E-state index is 12.2. The van der Waals surface area contributed by atoms with E-state index in [1.165, 1.54) is 11.3 Å². The molecular formula is C12H15N3OS. The highest BCUT2D eigenvalue weighted by Gasteiger charge is 2.09. The van der Waals surface area contributed by atoms with Crippen molar-refractivity contribution in [2.75, 3.05) is 5.73 Å². The van der Waals surface area contributed by atoms with E-state index >= 15 is 0 Å². The van der Waals surface area contributed by atoms with E-state index < -0.39 is 0 Å². The molecule has 17 heavy (non-hydrogen) atoms. The van der Waals surface area contributed by atoms with Gasteiger partial charge in [-0.2, -0.15) is 0 Å². The van der Waals surface area contributed by atoms with Gasteiger partial charge in [0.1, 0.15) is 0 Å². The smallest absolute Gasteiger partial charge is 0.260 e. The van der Waals surface area contributed by atoms with Crippen molar-refractivity contribution in [2.45, 2.75) is 20.4 Å². The fourth-order valence-electron chi connectivity index (χ4n) is 1.68. The van der Waals surface area contributed by atoms with Crippen molar-refractivity contribution in [3.63, 3.8) is 0 Å². The highest BCUT2D eigenvalue weighted by molar-refractivity contribution is 7.13. The molecule has 0 atom stereocenters. The number of nitrogen functional groups attached to an aromatic ring is 1. The third kappa shape index (κ3) is 2.55. The van der Waals surface area contributed by atoms with E-state index in [1.807, 2.05) is 17.6 Å². The van der Waals surface area contributed by atoms with Crippen LogP contribution in [0.2, 0.25) is 0 Å². The monoisotopic (exact) mass is 249 g/mol. The first-order valence-electron chi connectivity index (χ1n) is 5.48. The Hall–Kier alpha value is -1.62. The Bertz CT molecular complexity index is 571. The van der Waals surface area contributed by atoms with Crippen molar-refractivity contribution in [3.05, 3.63) is 34.1 Å². The molecule has 0 aliphatic carbocycles. The van der Waals surface area contributed by atoms with Gasteiger partial charge in [-0.25, -0.2) is 4.98 Å². The zero-order valence-electron chi connectivity index (χ0n) is 9.88. The average Bonchev–Trinajstić information content (AvgIpc) is 2.67. The minimum Gasteiger partial charge on any atom is -0.375 e. The second-order valence-corrected chi connectivity index (χ2v) is 5.23. The number of nitrogens with zero attached hydrogens (tertiary/aromatic N) is 2. The summed E-state index contributed by atoms with van der Waals surface area (Å²) in [5.41, 5.74) is 6.85. The Morgan fingerprint density at radius 3 is 2.88 bits per heavy atom. The van der Waals surface area contributed by atoms with Crippen LogP contribution < -0.4 is 11.3 Å². The van der Waals surface area contributed by atoms with E-state index in [1.54, 1.807) is 10.6 Å². The quantitative estimate of drug-likeness (QED) is 0.907. The number of pyridine rings is 1. The molecule has 0 radical (unpaired) electrons. The largest absolute Gasteiger partial charge is 0.375 e. The summed E-state index contributed by atoms with van der Waals surface area (Å²) in [5, 5.41) is 2.30. The number of rotatable bonds is 3. The zero-order chi connectivity index (χ0) is 12.4. The maximum Gasteiger partial charge on any atom is 0.260 e. The van der Waals surface area contributed by atoms with Crippen LogP contribution in [0.5, 0.6) is 0 Å². The Morgan fingerprint density at radius 2 is 2.29 bits per heavy atom. The molecule has 2 aromatic heterocycles. The van der Waals surface area contributed by atoms with Gasteiger partial charge < -0.3 is 10.3 Å². The lowest BCUT2D eigenvalue weighted by molar-refractivity contribution is 0.511. The van der Waals surface area contributed by atoms with Gasteiger partial charge in [-0.3, -0.25) is 4.79 Å². The molecule has 0 saturated carbocycles. The van der Waals surface area contributed by atoms with Gasteiger partial charge in [-0.1, -0.05) is 13.8 Å². The van der Waals surface area contributed by atoms with Crippen LogP contribution in [0.15, 0.2) is 28.5 Å². The molecule has 90 valence electrons. The number of hydrogen-bond donors (Lipinski definition) is 1. The highest BCUT2D eigenvalue weighted by Crippen LogP contribution is 2.19. The fraction of sp³-hybridized carbons (Fsp3) is 0.333. The fourth-order valence-corrected chi connectivity index (χ4v) is 2.24. The second-order valence-electron chi connectivity index (χ2n) is 4.34. The van der Waals surface area contributed by atoms with E-state index in [2.05, 4.69) is 18.8 Å². The van der Waals surface area contributed by atoms with Crippen molar-refractivity contribution in [1.29, 1.82) is 0 Å². The van der Waals surface area contributed by atoms with Crippen LogP contribution in [-0.4, -0.2) is 9.55 Å². The molecule has 2 aromatic rings. The van der Waals surface area contributed by atoms with Crippen molar-refractivity contribution < 1.29 is 0 Å². The molecule has 0 fully saturated rings. The van der Waals surface area contributed by atoms with Gasteiger partial charge in [0.05, 0.1) is 11.3 Å². The van der Waals surface area contributed by atoms with Crippen LogP contribution in [0.1, 0.15) is 13.8 Å². The van der Waals surface area contributed by atoms with Crippen molar-refractivity contribution >= 4 is 16.5 Å². The first-order valence-corrected chi connectivity index (χ1v) is 6.36. The van der Waals surface area contributed by atoms with Crippen LogP contribution in [0.4, 0.5) is 5.13 Å². The lowest BCUT2D eigenvalue weighted by atomic mass is 10.2. The second kappa shape index (κ2) is 4.71. The van der Waals surface area contributed by atoms with Gasteiger partial charge in [-0.05, 0) is 18.1 Å². The number of anilines is 1. The minimum atomic E-state index is -0.00787. The number of aromatic nitrogens is 2. The van der Waals surface area contributed by atoms with E-state index in [-0.39, 0.29) is 5.56 Å². The van der Waals surface area contributed by atoms with E-state index in [0.717, 1.165) is 0 Å². The van der Waals surface area contributed by atoms with Crippen molar-refractivity contribution in [3.8, 4) is 11.3 Å². The molecule has 0 aliphatic heterocycles. The van der Waals surface area contributed by atoms with Crippen molar-refractivity contribution in [1.82, 2.24) is 9.55 Å². The predicted molar refractivity (Wildman–Crippen MR) is 71.1 cm³/mol. The molecule has 5 heteroatoms. The molecule has 0 aromatic carbocycles. The summed E-state index contributed by atoms with van der Waals surface area (Å²) < 4.78 is 1.72. The summed E-state index contributed by atoms with van der Waals surface area (Å²) in [5.74, 6) is 0.434. The summed E-state index contributed by atoms with van der Waals surface area (Å²) >= 11 is 1.35. The summed E-state index contributed by atoms with van der Waals surface area (Å²) in [6.07, 6.45) is 1.81. The van der Waals surface area contributed by atoms with Crippen LogP contribution in [0, 0.1) is 5.92 Å². The van der Waals surface area contributed by atoms with Gasteiger partial charge in [0.2, 0.25) is 0 Å². The van der Waals surface area contributed by atoms with E-state index in [0.29, 0.717) is 28.9 Å². The molecule has 0 unspecified atom stereocenters. The maximum absolute atomic E-state index is 12.2. The molecule has 2 rings (SSSR count). The topological polar surface area (TPSA) is 60.9 Å². The number of thiazole rings is 1. The molecule has 0 saturated heterocycles. The summed E-state index contributed by atoms with van der Waals surface area (Å²) in [7, 11) is 0. The SMILES string of the molecule is CC(C)Cn1cccc(-c2csc(N)n2)c1=O. The molecule has 4 nitrogen and oxygen atoms in total. The lowest BCUT2D eigenvalue weighted by Crippen LogP contribution is -2.23. The normalized spacial score (nSPS) is 11.0. The lowest BCUT2D eigenvalue weighted by Gasteiger charge is -2.09. The van der Waals surface area contributed by atoms with Crippen LogP contribution in [-0.2, 0) is 6.54 Å². The van der Waals surface area contributed by atoms with Gasteiger partial charge in [-0.15, -0.1) is 11.3 Å². The molecule has 0 amide bonds. The summed E-state index contributed by atoms with van der Waals surface area (Å²) in [4.78, 5) is 16.3. The number of nitrogens with two attached hydrogens (primary N) is 1. The van der Waals surface area contributed by atoms with E-state index in [9.17, 15) is 4.79 Å². The van der Waals surface area contributed by atoms with Gasteiger partial charge in [0, 0.05) is 18.1 Å². The molecule has 0 spiro atoms. The van der Waals surface area contributed by atoms with Gasteiger partial charge >= 0.3 is 0 Å². The van der Waals surface area contributed by atoms with Gasteiger partial charge in [0.15, 0.2) is 5.13 Å². The molecule has 0 aliphatic rings. The Labute approximate surface area is 104 Å². The molecule has 0 bridgehead atoms. The third-order valence-corrected chi connectivity index (χ3v) is 3.05. The summed E-state index contributed by atoms with van der Waals surface area (Å²) in [6, 6.07) is 3.66. The minimum absolute atomic E-state index is 0.00787. The third-order valence-electron chi connectivity index (χ3n) is 2.38. The number of hydrogen-bond acceptors (Lipinski definition) is 4. The Morgan fingerprint density at radius 1 is 1.53 bits per heavy atom. The Kier molecular flexibility index (Phi) is 3.28. The zero-order valence-corrected chi connectivity index (χ0v) is 10.7. The predicted octanol–water partition coefficient (Wildman–Crippen LogP) is 2.21. The van der Waals surface area contributed by atoms with E-state index in [4.69, 9.17) is 5.73 Å². The van der Waals surface area contributed by atoms with Crippen LogP contribution in [0.25, 0.3) is 11.3 Å². The van der Waals surface area contributed by atoms with Crippen molar-refractivity contribution in [2.24, 2.45) is 5.92 Å². The Balaban J connectivity index is 2.46. The first kappa shape index (κ1) is 11.9. The summed E-state index contributed by atoms with van der Waals surface area (Å²) in [6.45, 7) is 4.88. The first-order chi connectivity index (χ1) is 8.08. The highest BCUT2D eigenvalue weighted by atomic mass is 32.1. The molecule has 2 heterocycles. The standard InChI is InChI=1S/C12H15N3OS/c1-8(2)6-15-5-3-4-9(11(15)16)10-7-17-12(13)14-10/h3-5,7-8H,6H2,1-2H3,(H2,13,14).